The highest BCUT2D eigenvalue weighted by Crippen LogP contribution is 2.17. The molecule has 0 aliphatic rings. The third-order valence-electron chi connectivity index (χ3n) is 1.90. The molecule has 3 heteroatoms. The Morgan fingerprint density at radius 2 is 1.82 bits per heavy atom. The van der Waals surface area contributed by atoms with Crippen LogP contribution in [0.25, 0.3) is 0 Å². The summed E-state index contributed by atoms with van der Waals surface area (Å²) in [5.41, 5.74) is 1.21. The first kappa shape index (κ1) is 8.24. The summed E-state index contributed by atoms with van der Waals surface area (Å²) in [5, 5.41) is 0. The van der Waals surface area contributed by atoms with Gasteiger partial charge in [0.2, 0.25) is 0 Å². The van der Waals surface area contributed by atoms with Crippen LogP contribution in [0.1, 0.15) is 45.3 Å². The largest absolute Gasteiger partial charge is 0.324 e. The smallest absolute Gasteiger partial charge is 0.0785 e. The fourth-order valence-corrected chi connectivity index (χ4v) is 1.15. The molecule has 0 bridgehead atoms. The van der Waals surface area contributed by atoms with E-state index in [1.807, 2.05) is 4.68 Å². The van der Waals surface area contributed by atoms with Crippen molar-refractivity contribution in [3.8, 4) is 0 Å². The molecular formula is C8H17N3. The summed E-state index contributed by atoms with van der Waals surface area (Å²) in [6.07, 6.45) is 2.11. The molecule has 0 saturated carbocycles. The van der Waals surface area contributed by atoms with E-state index in [0.717, 1.165) is 0 Å². The molecule has 0 atom stereocenters. The average Bonchev–Trinajstić information content (AvgIpc) is 1.82. The van der Waals surface area contributed by atoms with E-state index >= 15 is 0 Å². The molecule has 64 valence electrons. The van der Waals surface area contributed by atoms with Gasteiger partial charge in [0.1, 0.15) is 0 Å². The zero-order chi connectivity index (χ0) is 8.59. The number of hydrogen-bond acceptors (Lipinski definition) is 1. The Kier molecular flexibility index (Phi) is 1.98. The summed E-state index contributed by atoms with van der Waals surface area (Å²) in [7, 11) is 0. The van der Waals surface area contributed by atoms with Crippen LogP contribution in [-0.4, -0.2) is 9.47 Å². The molecule has 1 rings (SSSR count). The van der Waals surface area contributed by atoms with Gasteiger partial charge >= 0.3 is 0 Å². The number of nitrogens with zero attached hydrogens (tertiary/aromatic N) is 2. The van der Waals surface area contributed by atoms with Gasteiger partial charge in [-0.25, -0.2) is 4.79 Å². The van der Waals surface area contributed by atoms with Crippen LogP contribution in [0.3, 0.4) is 0 Å². The molecule has 0 spiro atoms. The number of rotatable bonds is 2. The first-order chi connectivity index (χ1) is 5.04. The van der Waals surface area contributed by atoms with E-state index in [1.165, 1.54) is 5.69 Å². The Labute approximate surface area is 67.7 Å². The first-order valence-corrected chi connectivity index (χ1v) is 4.08. The van der Waals surface area contributed by atoms with Gasteiger partial charge in [0, 0.05) is 12.2 Å². The van der Waals surface area contributed by atoms with Crippen molar-refractivity contribution in [2.75, 3.05) is 5.84 Å². The quantitative estimate of drug-likeness (QED) is 0.648. The van der Waals surface area contributed by atoms with Gasteiger partial charge in [0.05, 0.1) is 5.69 Å². The fraction of sp³-hybridized carbons (Fsp3) is 0.750. The summed E-state index contributed by atoms with van der Waals surface area (Å²) in [5.74, 6) is 6.28. The summed E-state index contributed by atoms with van der Waals surface area (Å²) < 4.78 is 2.02. The second kappa shape index (κ2) is 2.64. The maximum absolute atomic E-state index is 5.76. The standard InChI is InChI=1S/C8H17N3/c1-6(2)8-5-10(7(3)4)11(8)9/h5-7H,9H2,1-4H3. The summed E-state index contributed by atoms with van der Waals surface area (Å²) >= 11 is 0. The monoisotopic (exact) mass is 155 g/mol. The van der Waals surface area contributed by atoms with Gasteiger partial charge in [-0.1, -0.05) is 13.8 Å². The van der Waals surface area contributed by atoms with Crippen LogP contribution >= 0.6 is 0 Å². The molecular weight excluding hydrogens is 138 g/mol. The van der Waals surface area contributed by atoms with E-state index in [1.54, 1.807) is 4.79 Å². The molecule has 1 heterocycles. The van der Waals surface area contributed by atoms with Crippen LogP contribution in [0, 0.1) is 0 Å². The second-order valence-electron chi connectivity index (χ2n) is 3.53. The average molecular weight is 155 g/mol. The predicted molar refractivity (Wildman–Crippen MR) is 47.0 cm³/mol. The molecule has 0 fully saturated rings. The van der Waals surface area contributed by atoms with E-state index in [9.17, 15) is 0 Å². The van der Waals surface area contributed by atoms with Crippen LogP contribution in [0.4, 0.5) is 0 Å². The summed E-state index contributed by atoms with van der Waals surface area (Å²) in [6, 6.07) is 0.461. The Balaban J connectivity index is 2.79. The van der Waals surface area contributed by atoms with Crippen molar-refractivity contribution in [1.29, 1.82) is 0 Å². The minimum Gasteiger partial charge on any atom is -0.324 e. The first-order valence-electron chi connectivity index (χ1n) is 4.08. The minimum absolute atomic E-state index is 0.461. The summed E-state index contributed by atoms with van der Waals surface area (Å²) in [6.45, 7) is 8.52. The van der Waals surface area contributed by atoms with Crippen molar-refractivity contribution in [2.24, 2.45) is 0 Å². The van der Waals surface area contributed by atoms with Gasteiger partial charge in [-0.3, -0.25) is 4.68 Å². The Hall–Kier alpha value is -0.860. The molecule has 0 aliphatic heterocycles. The Morgan fingerprint density at radius 1 is 1.27 bits per heavy atom. The molecule has 0 unspecified atom stereocenters. The van der Waals surface area contributed by atoms with Crippen molar-refractivity contribution in [3.63, 3.8) is 0 Å². The van der Waals surface area contributed by atoms with Crippen molar-refractivity contribution in [1.82, 2.24) is 9.47 Å². The van der Waals surface area contributed by atoms with E-state index in [0.29, 0.717) is 12.0 Å². The van der Waals surface area contributed by atoms with Gasteiger partial charge in [-0.2, -0.15) is 0 Å². The highest BCUT2D eigenvalue weighted by Gasteiger charge is 2.12. The number of aromatic nitrogens is 2. The Bertz CT molecular complexity index is 209. The molecule has 0 aromatic carbocycles. The Morgan fingerprint density at radius 3 is 2.09 bits per heavy atom. The number of nitrogen functional groups attached to an aromatic ring is 1. The molecule has 1 aromatic heterocycles. The molecule has 3 nitrogen and oxygen atoms in total. The van der Waals surface area contributed by atoms with Crippen molar-refractivity contribution in [2.45, 2.75) is 39.7 Å². The third-order valence-corrected chi connectivity index (χ3v) is 1.90. The van der Waals surface area contributed by atoms with E-state index in [-0.39, 0.29) is 0 Å². The normalized spacial score (nSPS) is 11.8. The molecule has 0 amide bonds. The lowest BCUT2D eigenvalue weighted by atomic mass is 10.1. The van der Waals surface area contributed by atoms with Gasteiger partial charge < -0.3 is 5.84 Å². The van der Waals surface area contributed by atoms with E-state index in [2.05, 4.69) is 33.9 Å². The lowest BCUT2D eigenvalue weighted by molar-refractivity contribution is 0.393. The van der Waals surface area contributed by atoms with Crippen LogP contribution in [0.2, 0.25) is 0 Å². The van der Waals surface area contributed by atoms with Crippen LogP contribution in [0.5, 0.6) is 0 Å². The topological polar surface area (TPSA) is 35.9 Å². The van der Waals surface area contributed by atoms with Crippen LogP contribution < -0.4 is 5.84 Å². The van der Waals surface area contributed by atoms with Gasteiger partial charge in [0.15, 0.2) is 0 Å². The highest BCUT2D eigenvalue weighted by molar-refractivity contribution is 5.06. The van der Waals surface area contributed by atoms with Crippen molar-refractivity contribution >= 4 is 0 Å². The lowest BCUT2D eigenvalue weighted by Gasteiger charge is -2.27. The third kappa shape index (κ3) is 1.27. The second-order valence-corrected chi connectivity index (χ2v) is 3.53. The molecule has 0 radical (unpaired) electrons. The molecule has 2 N–H and O–H groups in total. The zero-order valence-electron chi connectivity index (χ0n) is 7.70. The van der Waals surface area contributed by atoms with E-state index in [4.69, 9.17) is 5.84 Å². The molecule has 0 saturated heterocycles. The summed E-state index contributed by atoms with van der Waals surface area (Å²) in [4.78, 5) is 1.73. The van der Waals surface area contributed by atoms with Crippen LogP contribution in [-0.2, 0) is 0 Å². The molecule has 1 aromatic rings. The SMILES string of the molecule is CC(C)c1cn(C(C)C)n1N. The predicted octanol–water partition coefficient (Wildman–Crippen LogP) is 1.71. The molecule has 0 aliphatic carbocycles. The van der Waals surface area contributed by atoms with E-state index < -0.39 is 0 Å². The number of nitrogens with two attached hydrogens (primary N) is 1. The maximum Gasteiger partial charge on any atom is 0.0785 e. The lowest BCUT2D eigenvalue weighted by Crippen LogP contribution is -2.33. The number of hydrogen-bond donors (Lipinski definition) is 1. The van der Waals surface area contributed by atoms with Gasteiger partial charge in [-0.15, -0.1) is 0 Å². The van der Waals surface area contributed by atoms with Gasteiger partial charge in [0.25, 0.3) is 0 Å². The van der Waals surface area contributed by atoms with Crippen molar-refractivity contribution in [3.05, 3.63) is 11.9 Å². The van der Waals surface area contributed by atoms with Crippen LogP contribution in [0.15, 0.2) is 6.20 Å². The highest BCUT2D eigenvalue weighted by atomic mass is 15.6. The van der Waals surface area contributed by atoms with Gasteiger partial charge in [-0.05, 0) is 19.8 Å². The maximum atomic E-state index is 5.76. The fourth-order valence-electron chi connectivity index (χ4n) is 1.15. The molecule has 11 heavy (non-hydrogen) atoms. The van der Waals surface area contributed by atoms with Crippen molar-refractivity contribution < 1.29 is 0 Å². The minimum atomic E-state index is 0.461. The zero-order valence-corrected chi connectivity index (χ0v) is 7.70.